The Balaban J connectivity index is 1.66. The Morgan fingerprint density at radius 2 is 1.88 bits per heavy atom. The van der Waals surface area contributed by atoms with E-state index >= 15 is 0 Å². The summed E-state index contributed by atoms with van der Waals surface area (Å²) >= 11 is 12.1. The number of hydrogen-bond acceptors (Lipinski definition) is 3. The van der Waals surface area contributed by atoms with Gasteiger partial charge in [0.05, 0.1) is 6.20 Å². The first-order valence-electron chi connectivity index (χ1n) is 7.87. The van der Waals surface area contributed by atoms with Crippen LogP contribution in [0.4, 0.5) is 5.82 Å². The van der Waals surface area contributed by atoms with Crippen LogP contribution in [-0.2, 0) is 5.41 Å². The molecular weight excluding hydrogens is 452 g/mol. The van der Waals surface area contributed by atoms with Gasteiger partial charge in [0.25, 0.3) is 0 Å². The maximum atomic E-state index is 5.44. The number of thiocarbonyl (C=S) groups is 1. The summed E-state index contributed by atoms with van der Waals surface area (Å²) in [5.74, 6) is 0.607. The van der Waals surface area contributed by atoms with Gasteiger partial charge in [-0.2, -0.15) is 0 Å². The summed E-state index contributed by atoms with van der Waals surface area (Å²) in [6, 6.07) is 10.7. The highest BCUT2D eigenvalue weighted by molar-refractivity contribution is 9.11. The minimum Gasteiger partial charge on any atom is -0.362 e. The summed E-state index contributed by atoms with van der Waals surface area (Å²) in [5, 5.41) is 7.05. The van der Waals surface area contributed by atoms with Gasteiger partial charge >= 0.3 is 0 Å². The third kappa shape index (κ3) is 4.13. The van der Waals surface area contributed by atoms with Crippen LogP contribution >= 0.6 is 44.1 Å². The molecule has 1 fully saturated rings. The standard InChI is InChI=1S/C17H18Br2N4S/c18-13-10-20-15(14(19)22-13)23-16(24)21-11-17(8-4-5-9-17)12-6-2-1-3-7-12/h1-3,6-7,10H,4-5,8-9,11H2,(H2,20,21,23,24). The lowest BCUT2D eigenvalue weighted by atomic mass is 9.79. The van der Waals surface area contributed by atoms with Gasteiger partial charge in [0.2, 0.25) is 0 Å². The van der Waals surface area contributed by atoms with E-state index in [1.54, 1.807) is 6.20 Å². The predicted molar refractivity (Wildman–Crippen MR) is 108 cm³/mol. The molecule has 1 aliphatic rings. The Morgan fingerprint density at radius 1 is 1.17 bits per heavy atom. The van der Waals surface area contributed by atoms with Crippen molar-refractivity contribution >= 4 is 55.0 Å². The molecule has 0 spiro atoms. The quantitative estimate of drug-likeness (QED) is 0.629. The molecule has 0 atom stereocenters. The normalized spacial score (nSPS) is 15.9. The van der Waals surface area contributed by atoms with E-state index < -0.39 is 0 Å². The van der Waals surface area contributed by atoms with Gasteiger partial charge in [-0.3, -0.25) is 0 Å². The van der Waals surface area contributed by atoms with Gasteiger partial charge in [-0.1, -0.05) is 43.2 Å². The topological polar surface area (TPSA) is 49.8 Å². The van der Waals surface area contributed by atoms with Gasteiger partial charge in [-0.25, -0.2) is 9.97 Å². The molecule has 0 bridgehead atoms. The van der Waals surface area contributed by atoms with Crippen molar-refractivity contribution in [3.05, 3.63) is 51.3 Å². The zero-order valence-corrected chi connectivity index (χ0v) is 17.0. The lowest BCUT2D eigenvalue weighted by Gasteiger charge is -2.30. The molecule has 3 rings (SSSR count). The average Bonchev–Trinajstić information content (AvgIpc) is 3.07. The molecule has 2 N–H and O–H groups in total. The number of hydrogen-bond donors (Lipinski definition) is 2. The number of nitrogens with one attached hydrogen (secondary N) is 2. The van der Waals surface area contributed by atoms with Gasteiger partial charge in [0.1, 0.15) is 9.21 Å². The first-order chi connectivity index (χ1) is 11.6. The van der Waals surface area contributed by atoms with E-state index in [0.29, 0.717) is 20.1 Å². The number of anilines is 1. The fourth-order valence-corrected chi connectivity index (χ4v) is 4.32. The van der Waals surface area contributed by atoms with Crippen molar-refractivity contribution in [3.63, 3.8) is 0 Å². The van der Waals surface area contributed by atoms with Gasteiger partial charge in [-0.15, -0.1) is 0 Å². The molecule has 4 nitrogen and oxygen atoms in total. The molecule has 0 aliphatic heterocycles. The van der Waals surface area contributed by atoms with Crippen molar-refractivity contribution in [1.29, 1.82) is 0 Å². The highest BCUT2D eigenvalue weighted by atomic mass is 79.9. The van der Waals surface area contributed by atoms with Crippen LogP contribution in [0.5, 0.6) is 0 Å². The number of benzene rings is 1. The molecule has 24 heavy (non-hydrogen) atoms. The molecule has 0 saturated heterocycles. The van der Waals surface area contributed by atoms with E-state index in [0.717, 1.165) is 6.54 Å². The second kappa shape index (κ2) is 7.89. The van der Waals surface area contributed by atoms with Gasteiger partial charge in [-0.05, 0) is 62.5 Å². The Morgan fingerprint density at radius 3 is 2.54 bits per heavy atom. The third-order valence-corrected chi connectivity index (χ3v) is 5.65. The number of halogens is 2. The largest absolute Gasteiger partial charge is 0.362 e. The van der Waals surface area contributed by atoms with Crippen LogP contribution in [0, 0.1) is 0 Å². The van der Waals surface area contributed by atoms with E-state index in [4.69, 9.17) is 12.2 Å². The Kier molecular flexibility index (Phi) is 5.84. The first-order valence-corrected chi connectivity index (χ1v) is 9.87. The highest BCUT2D eigenvalue weighted by Gasteiger charge is 2.35. The summed E-state index contributed by atoms with van der Waals surface area (Å²) in [6.07, 6.45) is 6.54. The maximum Gasteiger partial charge on any atom is 0.172 e. The number of nitrogens with zero attached hydrogens (tertiary/aromatic N) is 2. The second-order valence-electron chi connectivity index (χ2n) is 5.99. The van der Waals surface area contributed by atoms with Crippen molar-refractivity contribution in [1.82, 2.24) is 15.3 Å². The monoisotopic (exact) mass is 468 g/mol. The Bertz CT molecular complexity index is 718. The van der Waals surface area contributed by atoms with E-state index in [1.807, 2.05) is 0 Å². The SMILES string of the molecule is S=C(NCC1(c2ccccc2)CCCC1)Nc1ncc(Br)nc1Br. The van der Waals surface area contributed by atoms with Gasteiger partial charge < -0.3 is 10.6 Å². The lowest BCUT2D eigenvalue weighted by molar-refractivity contribution is 0.435. The van der Waals surface area contributed by atoms with E-state index in [-0.39, 0.29) is 5.41 Å². The Hall–Kier alpha value is -1.05. The molecule has 1 aromatic carbocycles. The smallest absolute Gasteiger partial charge is 0.172 e. The van der Waals surface area contributed by atoms with E-state index in [9.17, 15) is 0 Å². The molecule has 0 amide bonds. The van der Waals surface area contributed by atoms with Crippen LogP contribution in [-0.4, -0.2) is 21.6 Å². The van der Waals surface area contributed by atoms with Crippen molar-refractivity contribution in [2.24, 2.45) is 0 Å². The summed E-state index contributed by atoms with van der Waals surface area (Å²) in [4.78, 5) is 8.52. The highest BCUT2D eigenvalue weighted by Crippen LogP contribution is 2.40. The van der Waals surface area contributed by atoms with Gasteiger partial charge in [0, 0.05) is 12.0 Å². The summed E-state index contributed by atoms with van der Waals surface area (Å²) in [7, 11) is 0. The van der Waals surface area contributed by atoms with Gasteiger partial charge in [0.15, 0.2) is 10.9 Å². The van der Waals surface area contributed by atoms with E-state index in [1.165, 1.54) is 31.2 Å². The summed E-state index contributed by atoms with van der Waals surface area (Å²) in [5.41, 5.74) is 1.55. The van der Waals surface area contributed by atoms with Crippen LogP contribution in [0.3, 0.4) is 0 Å². The minimum atomic E-state index is 0.162. The molecule has 126 valence electrons. The molecule has 1 heterocycles. The number of rotatable bonds is 4. The van der Waals surface area contributed by atoms with E-state index in [2.05, 4.69) is 82.8 Å². The number of aromatic nitrogens is 2. The van der Waals surface area contributed by atoms with Crippen LogP contribution in [0.15, 0.2) is 45.7 Å². The fourth-order valence-electron chi connectivity index (χ4n) is 3.24. The molecule has 1 saturated carbocycles. The minimum absolute atomic E-state index is 0.162. The maximum absolute atomic E-state index is 5.44. The average molecular weight is 470 g/mol. The zero-order valence-electron chi connectivity index (χ0n) is 13.1. The third-order valence-electron chi connectivity index (χ3n) is 4.47. The molecule has 2 aromatic rings. The molecule has 7 heteroatoms. The van der Waals surface area contributed by atoms with Crippen molar-refractivity contribution in [3.8, 4) is 0 Å². The van der Waals surface area contributed by atoms with Crippen LogP contribution < -0.4 is 10.6 Å². The molecule has 1 aliphatic carbocycles. The molecular formula is C17H18Br2N4S. The second-order valence-corrected chi connectivity index (χ2v) is 7.97. The molecule has 0 radical (unpaired) electrons. The molecule has 0 unspecified atom stereocenters. The van der Waals surface area contributed by atoms with Crippen molar-refractivity contribution in [2.75, 3.05) is 11.9 Å². The molecule has 1 aromatic heterocycles. The van der Waals surface area contributed by atoms with Crippen LogP contribution in [0.2, 0.25) is 0 Å². The summed E-state index contributed by atoms with van der Waals surface area (Å²) < 4.78 is 1.30. The van der Waals surface area contributed by atoms with Crippen molar-refractivity contribution in [2.45, 2.75) is 31.1 Å². The van der Waals surface area contributed by atoms with Crippen LogP contribution in [0.1, 0.15) is 31.2 Å². The predicted octanol–water partition coefficient (Wildman–Crippen LogP) is 4.80. The fraction of sp³-hybridized carbons (Fsp3) is 0.353. The Labute approximate surface area is 164 Å². The van der Waals surface area contributed by atoms with Crippen molar-refractivity contribution < 1.29 is 0 Å². The van der Waals surface area contributed by atoms with Crippen LogP contribution in [0.25, 0.3) is 0 Å². The zero-order chi connectivity index (χ0) is 17.0. The first kappa shape index (κ1) is 17.8. The lowest BCUT2D eigenvalue weighted by Crippen LogP contribution is -2.40. The summed E-state index contributed by atoms with van der Waals surface area (Å²) in [6.45, 7) is 0.824.